The van der Waals surface area contributed by atoms with E-state index in [1.807, 2.05) is 37.3 Å². The summed E-state index contributed by atoms with van der Waals surface area (Å²) in [6.45, 7) is 4.60. The molecule has 2 rings (SSSR count). The molecule has 1 N–H and O–H groups in total. The molecule has 0 bridgehead atoms. The zero-order valence-electron chi connectivity index (χ0n) is 14.2. The Hall–Kier alpha value is -2.67. The molecule has 0 heterocycles. The number of nitriles is 1. The maximum Gasteiger partial charge on any atom is 0.270 e. The van der Waals surface area contributed by atoms with Crippen molar-refractivity contribution in [1.82, 2.24) is 5.32 Å². The minimum atomic E-state index is -2.96. The van der Waals surface area contributed by atoms with Crippen LogP contribution in [0.15, 0.2) is 48.2 Å². The Morgan fingerprint density at radius 3 is 2.38 bits per heavy atom. The molecule has 0 aliphatic carbocycles. The van der Waals surface area contributed by atoms with Gasteiger partial charge in [0.15, 0.2) is 0 Å². The van der Waals surface area contributed by atoms with Crippen LogP contribution in [0.1, 0.15) is 30.5 Å². The highest BCUT2D eigenvalue weighted by molar-refractivity contribution is 5.76. The smallest absolute Gasteiger partial charge is 0.270 e. The lowest BCUT2D eigenvalue weighted by Crippen LogP contribution is -2.09. The molecule has 124 valence electrons. The van der Waals surface area contributed by atoms with Crippen molar-refractivity contribution in [3.8, 4) is 17.2 Å². The third-order valence-electron chi connectivity index (χ3n) is 3.96. The number of hydrogen-bond donors (Lipinski definition) is 1. The summed E-state index contributed by atoms with van der Waals surface area (Å²) in [6, 6.07) is 14.6. The molecule has 4 heteroatoms. The van der Waals surface area contributed by atoms with Crippen LogP contribution in [0.3, 0.4) is 0 Å². The number of aryl methyl sites for hydroxylation is 1. The van der Waals surface area contributed by atoms with E-state index in [0.29, 0.717) is 22.4 Å². The Kier molecular flexibility index (Phi) is 5.04. The topological polar surface area (TPSA) is 35.8 Å². The zero-order chi connectivity index (χ0) is 17.9. The number of nitrogens with one attached hydrogen (secondary N) is 1. The molecule has 0 amide bonds. The Morgan fingerprint density at radius 1 is 1.12 bits per heavy atom. The van der Waals surface area contributed by atoms with Crippen molar-refractivity contribution >= 4 is 5.57 Å². The lowest BCUT2D eigenvalue weighted by molar-refractivity contribution is 0.0175. The van der Waals surface area contributed by atoms with Crippen molar-refractivity contribution in [1.29, 1.82) is 5.26 Å². The van der Waals surface area contributed by atoms with E-state index in [0.717, 1.165) is 18.1 Å². The van der Waals surface area contributed by atoms with Crippen molar-refractivity contribution in [3.05, 3.63) is 64.9 Å². The fraction of sp³-hybridized carbons (Fsp3) is 0.250. The molecule has 0 spiro atoms. The van der Waals surface area contributed by atoms with Gasteiger partial charge in [0.1, 0.15) is 11.8 Å². The second-order valence-electron chi connectivity index (χ2n) is 5.92. The van der Waals surface area contributed by atoms with Gasteiger partial charge >= 0.3 is 0 Å². The second kappa shape index (κ2) is 6.84. The van der Waals surface area contributed by atoms with Gasteiger partial charge in [0.05, 0.1) is 0 Å². The summed E-state index contributed by atoms with van der Waals surface area (Å²) in [5.74, 6) is -2.96. The van der Waals surface area contributed by atoms with Crippen LogP contribution in [0.2, 0.25) is 0 Å². The maximum absolute atomic E-state index is 13.9. The van der Waals surface area contributed by atoms with Crippen LogP contribution in [0.4, 0.5) is 8.78 Å². The van der Waals surface area contributed by atoms with Crippen molar-refractivity contribution in [3.63, 3.8) is 0 Å². The highest BCUT2D eigenvalue weighted by Gasteiger charge is 2.25. The highest BCUT2D eigenvalue weighted by atomic mass is 19.3. The summed E-state index contributed by atoms with van der Waals surface area (Å²) in [7, 11) is 1.64. The second-order valence-corrected chi connectivity index (χ2v) is 5.92. The van der Waals surface area contributed by atoms with Crippen LogP contribution in [0.5, 0.6) is 0 Å². The third-order valence-corrected chi connectivity index (χ3v) is 3.96. The molecule has 2 aromatic carbocycles. The molecule has 0 aromatic heterocycles. The number of benzene rings is 2. The zero-order valence-corrected chi connectivity index (χ0v) is 14.2. The fourth-order valence-corrected chi connectivity index (χ4v) is 2.56. The van der Waals surface area contributed by atoms with Crippen molar-refractivity contribution in [2.75, 3.05) is 7.05 Å². The first kappa shape index (κ1) is 17.7. The van der Waals surface area contributed by atoms with E-state index in [9.17, 15) is 14.0 Å². The number of allylic oxidation sites excluding steroid dienone is 2. The van der Waals surface area contributed by atoms with Gasteiger partial charge in [0.25, 0.3) is 5.92 Å². The van der Waals surface area contributed by atoms with Crippen molar-refractivity contribution < 1.29 is 8.78 Å². The molecule has 0 aliphatic heterocycles. The van der Waals surface area contributed by atoms with E-state index in [1.54, 1.807) is 14.0 Å². The number of alkyl halides is 2. The minimum absolute atomic E-state index is 0.0655. The molecule has 0 saturated heterocycles. The maximum atomic E-state index is 13.9. The van der Waals surface area contributed by atoms with Crippen LogP contribution >= 0.6 is 0 Å². The van der Waals surface area contributed by atoms with Crippen LogP contribution in [0, 0.1) is 18.3 Å². The van der Waals surface area contributed by atoms with Crippen LogP contribution in [0.25, 0.3) is 16.7 Å². The summed E-state index contributed by atoms with van der Waals surface area (Å²) >= 11 is 0. The average Bonchev–Trinajstić information content (AvgIpc) is 2.54. The first-order valence-corrected chi connectivity index (χ1v) is 7.65. The predicted molar refractivity (Wildman–Crippen MR) is 93.4 cm³/mol. The normalized spacial score (nSPS) is 12.4. The Balaban J connectivity index is 2.72. The van der Waals surface area contributed by atoms with Gasteiger partial charge < -0.3 is 5.32 Å². The monoisotopic (exact) mass is 326 g/mol. The van der Waals surface area contributed by atoms with Gasteiger partial charge in [-0.05, 0) is 54.3 Å². The molecule has 0 atom stereocenters. The van der Waals surface area contributed by atoms with Gasteiger partial charge in [-0.2, -0.15) is 5.26 Å². The van der Waals surface area contributed by atoms with E-state index in [4.69, 9.17) is 0 Å². The first-order valence-electron chi connectivity index (χ1n) is 7.65. The average molecular weight is 326 g/mol. The summed E-state index contributed by atoms with van der Waals surface area (Å²) in [5.41, 5.74) is 4.18. The highest BCUT2D eigenvalue weighted by Crippen LogP contribution is 2.34. The molecule has 2 aromatic rings. The Morgan fingerprint density at radius 2 is 1.83 bits per heavy atom. The first-order chi connectivity index (χ1) is 11.3. The fourth-order valence-electron chi connectivity index (χ4n) is 2.56. The number of hydrogen-bond acceptors (Lipinski definition) is 2. The molecule has 0 aliphatic rings. The molecule has 24 heavy (non-hydrogen) atoms. The van der Waals surface area contributed by atoms with Crippen LogP contribution in [-0.2, 0) is 5.92 Å². The van der Waals surface area contributed by atoms with Crippen LogP contribution in [-0.4, -0.2) is 7.05 Å². The summed E-state index contributed by atoms with van der Waals surface area (Å²) < 4.78 is 27.9. The Bertz CT molecular complexity index is 824. The molecule has 0 fully saturated rings. The lowest BCUT2D eigenvalue weighted by atomic mass is 9.93. The van der Waals surface area contributed by atoms with Gasteiger partial charge in [0, 0.05) is 19.5 Å². The van der Waals surface area contributed by atoms with E-state index < -0.39 is 5.92 Å². The van der Waals surface area contributed by atoms with Gasteiger partial charge in [-0.3, -0.25) is 0 Å². The Labute approximate surface area is 141 Å². The van der Waals surface area contributed by atoms with Gasteiger partial charge in [-0.15, -0.1) is 0 Å². The van der Waals surface area contributed by atoms with Crippen LogP contribution < -0.4 is 5.32 Å². The molecule has 0 radical (unpaired) electrons. The quantitative estimate of drug-likeness (QED) is 0.779. The standard InChI is InChI=1S/C20H20F2N2/c1-13-6-5-7-15(8-13)17-9-16(14(2)19(12-23)24-4)10-18(11-17)20(3,21)22/h5-11,24H,1-4H3/b19-14+. The number of halogens is 2. The number of nitrogens with zero attached hydrogens (tertiary/aromatic N) is 1. The predicted octanol–water partition coefficient (Wildman–Crippen LogP) is 5.25. The van der Waals surface area contributed by atoms with Gasteiger partial charge in [-0.25, -0.2) is 8.78 Å². The SMILES string of the molecule is CN/C(C#N)=C(\C)c1cc(-c2cccc(C)c2)cc(C(C)(F)F)c1. The largest absolute Gasteiger partial charge is 0.379 e. The molecular weight excluding hydrogens is 306 g/mol. The van der Waals surface area contributed by atoms with Gasteiger partial charge in [-0.1, -0.05) is 29.8 Å². The van der Waals surface area contributed by atoms with E-state index in [2.05, 4.69) is 11.4 Å². The lowest BCUT2D eigenvalue weighted by Gasteiger charge is -2.16. The summed E-state index contributed by atoms with van der Waals surface area (Å²) in [5, 5.41) is 12.0. The molecule has 0 unspecified atom stereocenters. The number of rotatable bonds is 4. The van der Waals surface area contributed by atoms with E-state index in [-0.39, 0.29) is 5.56 Å². The molecular formula is C20H20F2N2. The summed E-state index contributed by atoms with van der Waals surface area (Å²) in [4.78, 5) is 0. The van der Waals surface area contributed by atoms with Crippen molar-refractivity contribution in [2.24, 2.45) is 0 Å². The third kappa shape index (κ3) is 3.80. The van der Waals surface area contributed by atoms with Gasteiger partial charge in [0.2, 0.25) is 0 Å². The molecule has 0 saturated carbocycles. The van der Waals surface area contributed by atoms with E-state index in [1.165, 1.54) is 12.1 Å². The van der Waals surface area contributed by atoms with E-state index >= 15 is 0 Å². The van der Waals surface area contributed by atoms with Crippen molar-refractivity contribution in [2.45, 2.75) is 26.7 Å². The minimum Gasteiger partial charge on any atom is -0.379 e. The molecule has 2 nitrogen and oxygen atoms in total. The summed E-state index contributed by atoms with van der Waals surface area (Å²) in [6.07, 6.45) is 0.